The number of non-ortho nitro benzene ring substituents is 1. The summed E-state index contributed by atoms with van der Waals surface area (Å²) in [5.41, 5.74) is 1.73. The lowest BCUT2D eigenvalue weighted by molar-refractivity contribution is -0.384. The number of methoxy groups -OCH3 is 1. The number of anilines is 1. The molecule has 1 N–H and O–H groups in total. The summed E-state index contributed by atoms with van der Waals surface area (Å²) in [6, 6.07) is 14.9. The molecular formula is C22H17ClN6O4S. The van der Waals surface area contributed by atoms with Crippen LogP contribution in [-0.2, 0) is 4.79 Å². The quantitative estimate of drug-likeness (QED) is 0.212. The van der Waals surface area contributed by atoms with E-state index in [0.29, 0.717) is 16.7 Å². The molecule has 12 heteroatoms. The fourth-order valence-electron chi connectivity index (χ4n) is 3.05. The van der Waals surface area contributed by atoms with Gasteiger partial charge in [-0.1, -0.05) is 23.4 Å². The fraction of sp³-hybridized carbons (Fsp3) is 0.0909. The minimum absolute atomic E-state index is 0.0119. The number of rotatable bonds is 8. The molecule has 10 nitrogen and oxygen atoms in total. The summed E-state index contributed by atoms with van der Waals surface area (Å²) in [4.78, 5) is 26.9. The Morgan fingerprint density at radius 2 is 1.88 bits per heavy atom. The predicted molar refractivity (Wildman–Crippen MR) is 129 cm³/mol. The van der Waals surface area contributed by atoms with Crippen LogP contribution in [0.2, 0.25) is 5.02 Å². The first-order valence-corrected chi connectivity index (χ1v) is 11.2. The number of aromatic nitrogens is 4. The second-order valence-electron chi connectivity index (χ2n) is 6.83. The van der Waals surface area contributed by atoms with Crippen molar-refractivity contribution in [3.05, 3.63) is 82.1 Å². The van der Waals surface area contributed by atoms with Gasteiger partial charge in [0.15, 0.2) is 11.0 Å². The second-order valence-corrected chi connectivity index (χ2v) is 8.18. The molecule has 0 bridgehead atoms. The summed E-state index contributed by atoms with van der Waals surface area (Å²) in [5.74, 6) is 0.957. The highest BCUT2D eigenvalue weighted by Crippen LogP contribution is 2.30. The number of nitro benzene ring substituents is 1. The molecule has 0 spiro atoms. The smallest absolute Gasteiger partial charge is 0.271 e. The second kappa shape index (κ2) is 10.3. The third-order valence-corrected chi connectivity index (χ3v) is 5.91. The Hall–Kier alpha value is -3.96. The monoisotopic (exact) mass is 496 g/mol. The van der Waals surface area contributed by atoms with Gasteiger partial charge >= 0.3 is 0 Å². The van der Waals surface area contributed by atoms with Gasteiger partial charge in [0, 0.05) is 35.8 Å². The van der Waals surface area contributed by atoms with E-state index in [9.17, 15) is 14.9 Å². The van der Waals surface area contributed by atoms with E-state index in [1.54, 1.807) is 19.5 Å². The number of carbonyl (C=O) groups is 1. The van der Waals surface area contributed by atoms with Gasteiger partial charge in [0.2, 0.25) is 5.91 Å². The molecule has 2 heterocycles. The van der Waals surface area contributed by atoms with Gasteiger partial charge in [0.1, 0.15) is 5.75 Å². The number of nitro groups is 1. The van der Waals surface area contributed by atoms with Gasteiger partial charge in [-0.2, -0.15) is 0 Å². The van der Waals surface area contributed by atoms with E-state index in [1.165, 1.54) is 30.0 Å². The van der Waals surface area contributed by atoms with Crippen LogP contribution < -0.4 is 10.1 Å². The predicted octanol–water partition coefficient (Wildman–Crippen LogP) is 4.63. The Labute approximate surface area is 203 Å². The van der Waals surface area contributed by atoms with Crippen molar-refractivity contribution in [3.8, 4) is 22.8 Å². The van der Waals surface area contributed by atoms with Gasteiger partial charge in [-0.05, 0) is 42.5 Å². The molecule has 4 rings (SSSR count). The lowest BCUT2D eigenvalue weighted by Crippen LogP contribution is -2.15. The number of hydrogen-bond donors (Lipinski definition) is 1. The molecule has 172 valence electrons. The van der Waals surface area contributed by atoms with Crippen LogP contribution in [-0.4, -0.2) is 43.4 Å². The molecular weight excluding hydrogens is 480 g/mol. The van der Waals surface area contributed by atoms with Crippen molar-refractivity contribution in [3.63, 3.8) is 0 Å². The minimum Gasteiger partial charge on any atom is -0.497 e. The Balaban J connectivity index is 1.56. The Morgan fingerprint density at radius 3 is 2.53 bits per heavy atom. The zero-order valence-electron chi connectivity index (χ0n) is 17.7. The fourth-order valence-corrected chi connectivity index (χ4v) is 4.02. The van der Waals surface area contributed by atoms with Crippen LogP contribution in [0.25, 0.3) is 17.1 Å². The summed E-state index contributed by atoms with van der Waals surface area (Å²) in [7, 11) is 1.59. The number of carbonyl (C=O) groups excluding carboxylic acids is 1. The first kappa shape index (κ1) is 23.2. The average molecular weight is 497 g/mol. The molecule has 0 saturated carbocycles. The number of halogens is 1. The zero-order chi connectivity index (χ0) is 24.1. The maximum absolute atomic E-state index is 12.6. The molecule has 2 aromatic heterocycles. The van der Waals surface area contributed by atoms with Crippen LogP contribution in [0.4, 0.5) is 11.4 Å². The van der Waals surface area contributed by atoms with E-state index < -0.39 is 4.92 Å². The molecule has 1 amide bonds. The number of nitrogens with one attached hydrogen (secondary N) is 1. The van der Waals surface area contributed by atoms with Crippen LogP contribution in [0.1, 0.15) is 0 Å². The number of benzene rings is 2. The number of nitrogens with zero attached hydrogens (tertiary/aromatic N) is 5. The zero-order valence-corrected chi connectivity index (χ0v) is 19.3. The first-order chi connectivity index (χ1) is 16.5. The Bertz CT molecular complexity index is 1330. The van der Waals surface area contributed by atoms with Gasteiger partial charge in [0.25, 0.3) is 5.69 Å². The molecule has 0 aliphatic carbocycles. The summed E-state index contributed by atoms with van der Waals surface area (Å²) in [5, 5.41) is 22.7. The maximum atomic E-state index is 12.6. The highest BCUT2D eigenvalue weighted by Gasteiger charge is 2.18. The van der Waals surface area contributed by atoms with Crippen molar-refractivity contribution in [2.24, 2.45) is 0 Å². The van der Waals surface area contributed by atoms with Gasteiger partial charge < -0.3 is 10.1 Å². The van der Waals surface area contributed by atoms with Crippen molar-refractivity contribution in [2.75, 3.05) is 18.2 Å². The van der Waals surface area contributed by atoms with E-state index in [-0.39, 0.29) is 28.1 Å². The minimum atomic E-state index is -0.556. The van der Waals surface area contributed by atoms with Gasteiger partial charge in [-0.25, -0.2) is 0 Å². The number of hydrogen-bond acceptors (Lipinski definition) is 8. The van der Waals surface area contributed by atoms with E-state index in [2.05, 4.69) is 20.5 Å². The van der Waals surface area contributed by atoms with Crippen LogP contribution >= 0.6 is 23.4 Å². The molecule has 0 saturated heterocycles. The third-order valence-electron chi connectivity index (χ3n) is 4.67. The van der Waals surface area contributed by atoms with Crippen molar-refractivity contribution in [2.45, 2.75) is 5.16 Å². The standard InChI is InChI=1S/C22H17ClN6O4S/c1-33-17-5-2-15(3-6-17)28-21(14-8-10-24-11-9-14)26-27-22(28)34-13-20(30)25-19-7-4-16(29(31)32)12-18(19)23/h2-12H,13H2,1H3,(H,25,30). The van der Waals surface area contributed by atoms with E-state index in [1.807, 2.05) is 41.0 Å². The van der Waals surface area contributed by atoms with Gasteiger partial charge in [-0.3, -0.25) is 24.5 Å². The first-order valence-electron chi connectivity index (χ1n) is 9.83. The summed E-state index contributed by atoms with van der Waals surface area (Å²) >= 11 is 7.26. The summed E-state index contributed by atoms with van der Waals surface area (Å²) in [6.45, 7) is 0. The molecule has 0 aliphatic heterocycles. The van der Waals surface area contributed by atoms with Crippen molar-refractivity contribution >= 4 is 40.6 Å². The molecule has 4 aromatic rings. The third kappa shape index (κ3) is 5.16. The normalized spacial score (nSPS) is 10.6. The van der Waals surface area contributed by atoms with Gasteiger partial charge in [0.05, 0.1) is 28.5 Å². The molecule has 2 aromatic carbocycles. The average Bonchev–Trinajstić information content (AvgIpc) is 3.28. The molecule has 0 atom stereocenters. The van der Waals surface area contributed by atoms with Crippen LogP contribution in [0.5, 0.6) is 5.75 Å². The molecule has 0 fully saturated rings. The van der Waals surface area contributed by atoms with Gasteiger partial charge in [-0.15, -0.1) is 10.2 Å². The van der Waals surface area contributed by atoms with Crippen molar-refractivity contribution in [1.82, 2.24) is 19.7 Å². The van der Waals surface area contributed by atoms with Crippen LogP contribution in [0.3, 0.4) is 0 Å². The number of pyridine rings is 1. The lowest BCUT2D eigenvalue weighted by atomic mass is 10.2. The largest absolute Gasteiger partial charge is 0.497 e. The van der Waals surface area contributed by atoms with Crippen molar-refractivity contribution < 1.29 is 14.5 Å². The number of amides is 1. The van der Waals surface area contributed by atoms with Crippen LogP contribution in [0.15, 0.2) is 72.1 Å². The lowest BCUT2D eigenvalue weighted by Gasteiger charge is -2.11. The highest BCUT2D eigenvalue weighted by atomic mass is 35.5. The molecule has 0 aliphatic rings. The van der Waals surface area contributed by atoms with E-state index >= 15 is 0 Å². The maximum Gasteiger partial charge on any atom is 0.271 e. The molecule has 34 heavy (non-hydrogen) atoms. The highest BCUT2D eigenvalue weighted by molar-refractivity contribution is 7.99. The van der Waals surface area contributed by atoms with Crippen molar-refractivity contribution in [1.29, 1.82) is 0 Å². The summed E-state index contributed by atoms with van der Waals surface area (Å²) < 4.78 is 7.08. The number of thioether (sulfide) groups is 1. The molecule has 0 unspecified atom stereocenters. The van der Waals surface area contributed by atoms with E-state index in [4.69, 9.17) is 16.3 Å². The Morgan fingerprint density at radius 1 is 1.15 bits per heavy atom. The number of ether oxygens (including phenoxy) is 1. The van der Waals surface area contributed by atoms with E-state index in [0.717, 1.165) is 11.3 Å². The molecule has 0 radical (unpaired) electrons. The van der Waals surface area contributed by atoms with Crippen LogP contribution in [0, 0.1) is 10.1 Å². The SMILES string of the molecule is COc1ccc(-n2c(SCC(=O)Nc3ccc([N+](=O)[O-])cc3Cl)nnc2-c2ccncc2)cc1. The summed E-state index contributed by atoms with van der Waals surface area (Å²) in [6.07, 6.45) is 3.33. The topological polar surface area (TPSA) is 125 Å². The Kier molecular flexibility index (Phi) is 7.04.